The van der Waals surface area contributed by atoms with Gasteiger partial charge in [0.2, 0.25) is 0 Å². The number of aromatic amines is 1. The van der Waals surface area contributed by atoms with E-state index in [4.69, 9.17) is 0 Å². The third kappa shape index (κ3) is 5.43. The van der Waals surface area contributed by atoms with E-state index in [1.54, 1.807) is 23.0 Å². The standard InChI is InChI=1S/C32H31N9O/c1-6-19(2)41-17-27(39-40-41)30(24-8-7-9-25-23(24)10-11-35-31(25)42)38-22-12-20(14-33)28-26(13-22)29(21(15-34)16-36-28)37-18-32(3,4)5/h7-13,16-17,30,38H,2,6,18H2,1,3-5H3,(H,35,42)(H,36,37)/t30-/m0/s1. The Hall–Kier alpha value is -5.48. The highest BCUT2D eigenvalue weighted by atomic mass is 16.1. The molecule has 10 nitrogen and oxygen atoms in total. The average Bonchev–Trinajstić information content (AvgIpc) is 3.47. The first-order chi connectivity index (χ1) is 20.1. The lowest BCUT2D eigenvalue weighted by molar-refractivity contribution is 0.443. The molecule has 3 heterocycles. The number of anilines is 2. The quantitative estimate of drug-likeness (QED) is 0.212. The van der Waals surface area contributed by atoms with Gasteiger partial charge in [0.05, 0.1) is 34.6 Å². The summed E-state index contributed by atoms with van der Waals surface area (Å²) < 4.78 is 1.64. The molecular weight excluding hydrogens is 526 g/mol. The predicted molar refractivity (Wildman–Crippen MR) is 165 cm³/mol. The van der Waals surface area contributed by atoms with Gasteiger partial charge in [-0.05, 0) is 47.1 Å². The fourth-order valence-corrected chi connectivity index (χ4v) is 4.80. The van der Waals surface area contributed by atoms with Gasteiger partial charge in [-0.15, -0.1) is 5.10 Å². The highest BCUT2D eigenvalue weighted by Gasteiger charge is 2.23. The number of hydrogen-bond acceptors (Lipinski definition) is 8. The molecule has 0 fully saturated rings. The van der Waals surface area contributed by atoms with Crippen LogP contribution in [0.5, 0.6) is 0 Å². The minimum absolute atomic E-state index is 0.0537. The molecular formula is C32H31N9O. The largest absolute Gasteiger partial charge is 0.383 e. The Morgan fingerprint density at radius 1 is 1.12 bits per heavy atom. The highest BCUT2D eigenvalue weighted by Crippen LogP contribution is 2.35. The van der Waals surface area contributed by atoms with Gasteiger partial charge in [0, 0.05) is 41.1 Å². The maximum absolute atomic E-state index is 12.6. The number of nitrogens with zero attached hydrogens (tertiary/aromatic N) is 6. The molecule has 3 N–H and O–H groups in total. The first-order valence-electron chi connectivity index (χ1n) is 13.6. The Labute approximate surface area is 243 Å². The molecule has 0 radical (unpaired) electrons. The van der Waals surface area contributed by atoms with E-state index in [0.717, 1.165) is 16.6 Å². The van der Waals surface area contributed by atoms with Crippen LogP contribution < -0.4 is 16.2 Å². The second-order valence-electron chi connectivity index (χ2n) is 11.3. The lowest BCUT2D eigenvalue weighted by Gasteiger charge is -2.23. The van der Waals surface area contributed by atoms with E-state index in [0.29, 0.717) is 57.5 Å². The van der Waals surface area contributed by atoms with Gasteiger partial charge in [-0.25, -0.2) is 4.68 Å². The molecule has 3 aromatic heterocycles. The number of pyridine rings is 2. The third-order valence-electron chi connectivity index (χ3n) is 7.02. The molecule has 0 saturated carbocycles. The second-order valence-corrected chi connectivity index (χ2v) is 11.3. The van der Waals surface area contributed by atoms with Gasteiger partial charge in [0.1, 0.15) is 17.8 Å². The van der Waals surface area contributed by atoms with Crippen molar-refractivity contribution >= 4 is 38.7 Å². The number of aromatic nitrogens is 5. The second kappa shape index (κ2) is 11.2. The van der Waals surface area contributed by atoms with Crippen LogP contribution in [-0.2, 0) is 0 Å². The topological polar surface area (TPSA) is 148 Å². The van der Waals surface area contributed by atoms with E-state index in [2.05, 4.69) is 70.4 Å². The van der Waals surface area contributed by atoms with Crippen molar-refractivity contribution in [1.82, 2.24) is 25.0 Å². The summed E-state index contributed by atoms with van der Waals surface area (Å²) in [4.78, 5) is 19.8. The van der Waals surface area contributed by atoms with Crippen LogP contribution in [0.15, 0.2) is 66.4 Å². The lowest BCUT2D eigenvalue weighted by Crippen LogP contribution is -2.20. The van der Waals surface area contributed by atoms with E-state index in [1.807, 2.05) is 37.4 Å². The van der Waals surface area contributed by atoms with Gasteiger partial charge < -0.3 is 15.6 Å². The first-order valence-corrected chi connectivity index (χ1v) is 13.6. The van der Waals surface area contributed by atoms with E-state index in [-0.39, 0.29) is 11.0 Å². The summed E-state index contributed by atoms with van der Waals surface area (Å²) in [6, 6.07) is 15.0. The van der Waals surface area contributed by atoms with E-state index in [9.17, 15) is 15.3 Å². The average molecular weight is 558 g/mol. The van der Waals surface area contributed by atoms with Crippen LogP contribution in [0.25, 0.3) is 27.4 Å². The maximum Gasteiger partial charge on any atom is 0.255 e. The lowest BCUT2D eigenvalue weighted by atomic mass is 9.96. The fourth-order valence-electron chi connectivity index (χ4n) is 4.80. The number of fused-ring (bicyclic) bond motifs is 2. The molecule has 0 unspecified atom stereocenters. The summed E-state index contributed by atoms with van der Waals surface area (Å²) in [5.74, 6) is 0. The normalized spacial score (nSPS) is 12.0. The smallest absolute Gasteiger partial charge is 0.255 e. The van der Waals surface area contributed by atoms with Gasteiger partial charge in [-0.1, -0.05) is 51.6 Å². The molecule has 5 aromatic rings. The predicted octanol–water partition coefficient (Wildman–Crippen LogP) is 5.95. The molecule has 42 heavy (non-hydrogen) atoms. The van der Waals surface area contributed by atoms with Crippen LogP contribution in [0, 0.1) is 28.1 Å². The molecule has 1 atom stereocenters. The summed E-state index contributed by atoms with van der Waals surface area (Å²) in [6.07, 6.45) is 5.62. The Kier molecular flexibility index (Phi) is 7.47. The molecule has 0 aliphatic carbocycles. The van der Waals surface area contributed by atoms with Crippen molar-refractivity contribution in [3.8, 4) is 12.1 Å². The zero-order chi connectivity index (χ0) is 30.0. The summed E-state index contributed by atoms with van der Waals surface area (Å²) in [5, 5.41) is 37.6. The summed E-state index contributed by atoms with van der Waals surface area (Å²) in [7, 11) is 0. The summed E-state index contributed by atoms with van der Waals surface area (Å²) in [5.41, 5.74) is 4.42. The van der Waals surface area contributed by atoms with Crippen LogP contribution in [-0.4, -0.2) is 31.5 Å². The molecule has 0 aliphatic rings. The number of nitrogens with one attached hydrogen (secondary N) is 3. The summed E-state index contributed by atoms with van der Waals surface area (Å²) >= 11 is 0. The van der Waals surface area contributed by atoms with Crippen molar-refractivity contribution in [3.63, 3.8) is 0 Å². The van der Waals surface area contributed by atoms with Crippen molar-refractivity contribution in [2.75, 3.05) is 17.2 Å². The minimum atomic E-state index is -0.545. The zero-order valence-electron chi connectivity index (χ0n) is 24.0. The van der Waals surface area contributed by atoms with Crippen molar-refractivity contribution < 1.29 is 0 Å². The number of nitriles is 2. The van der Waals surface area contributed by atoms with Crippen LogP contribution >= 0.6 is 0 Å². The maximum atomic E-state index is 12.6. The SMILES string of the molecule is C=C(CC)n1cc([C@@H](Nc2cc(C#N)c3ncc(C#N)c(NCC(C)(C)C)c3c2)c2cccc3c(=O)[nH]ccc23)nn1. The highest BCUT2D eigenvalue weighted by molar-refractivity contribution is 5.99. The van der Waals surface area contributed by atoms with E-state index < -0.39 is 6.04 Å². The Balaban J connectivity index is 1.71. The molecule has 210 valence electrons. The molecule has 0 aliphatic heterocycles. The number of allylic oxidation sites excluding steroid dienone is 1. The molecule has 10 heteroatoms. The number of hydrogen-bond donors (Lipinski definition) is 3. The van der Waals surface area contributed by atoms with Gasteiger partial charge in [-0.2, -0.15) is 10.5 Å². The van der Waals surface area contributed by atoms with Crippen LogP contribution in [0.3, 0.4) is 0 Å². The van der Waals surface area contributed by atoms with E-state index >= 15 is 0 Å². The van der Waals surface area contributed by atoms with Crippen molar-refractivity contribution in [1.29, 1.82) is 10.5 Å². The molecule has 0 saturated heterocycles. The minimum Gasteiger partial charge on any atom is -0.383 e. The van der Waals surface area contributed by atoms with Gasteiger partial charge in [-0.3, -0.25) is 9.78 Å². The third-order valence-corrected chi connectivity index (χ3v) is 7.02. The van der Waals surface area contributed by atoms with Crippen molar-refractivity contribution in [3.05, 3.63) is 94.3 Å². The number of rotatable bonds is 8. The summed E-state index contributed by atoms with van der Waals surface area (Å²) in [6.45, 7) is 13.0. The Bertz CT molecular complexity index is 1970. The molecule has 2 aromatic carbocycles. The Morgan fingerprint density at radius 3 is 2.62 bits per heavy atom. The van der Waals surface area contributed by atoms with Crippen molar-refractivity contribution in [2.45, 2.75) is 40.2 Å². The number of H-pyrrole nitrogens is 1. The van der Waals surface area contributed by atoms with Gasteiger partial charge in [0.25, 0.3) is 5.56 Å². The van der Waals surface area contributed by atoms with Gasteiger partial charge >= 0.3 is 0 Å². The Morgan fingerprint density at radius 2 is 1.90 bits per heavy atom. The number of benzene rings is 2. The van der Waals surface area contributed by atoms with Crippen LogP contribution in [0.1, 0.15) is 62.5 Å². The zero-order valence-corrected chi connectivity index (χ0v) is 24.0. The molecule has 0 spiro atoms. The molecule has 0 bridgehead atoms. The van der Waals surface area contributed by atoms with Crippen LogP contribution in [0.2, 0.25) is 0 Å². The fraction of sp³-hybridized carbons (Fsp3) is 0.250. The monoisotopic (exact) mass is 557 g/mol. The first kappa shape index (κ1) is 28.1. The van der Waals surface area contributed by atoms with Gasteiger partial charge in [0.15, 0.2) is 0 Å². The van der Waals surface area contributed by atoms with Crippen molar-refractivity contribution in [2.24, 2.45) is 5.41 Å². The molecule has 5 rings (SSSR count). The van der Waals surface area contributed by atoms with E-state index in [1.165, 1.54) is 6.20 Å². The van der Waals surface area contributed by atoms with Crippen LogP contribution in [0.4, 0.5) is 11.4 Å². The molecule has 0 amide bonds.